The van der Waals surface area contributed by atoms with Gasteiger partial charge in [-0.3, -0.25) is 0 Å². The summed E-state index contributed by atoms with van der Waals surface area (Å²) in [4.78, 5) is 0.219. The molecular formula is C14H14NO3S. The van der Waals surface area contributed by atoms with E-state index in [0.29, 0.717) is 5.56 Å². The molecule has 1 N–H and O–H groups in total. The molecule has 19 heavy (non-hydrogen) atoms. The maximum atomic E-state index is 11.9. The third-order valence-corrected chi connectivity index (χ3v) is 4.59. The first-order valence-corrected chi connectivity index (χ1v) is 7.09. The topological polar surface area (TPSA) is 57.6 Å². The molecule has 0 saturated carbocycles. The van der Waals surface area contributed by atoms with Gasteiger partial charge in [-0.2, -0.15) is 0 Å². The molecule has 0 heterocycles. The molecule has 0 fully saturated rings. The van der Waals surface area contributed by atoms with Gasteiger partial charge in [0, 0.05) is 19.7 Å². The summed E-state index contributed by atoms with van der Waals surface area (Å²) in [5.74, 6) is 0.116. The lowest BCUT2D eigenvalue weighted by Crippen LogP contribution is -2.22. The lowest BCUT2D eigenvalue weighted by atomic mass is 10.1. The average molecular weight is 276 g/mol. The fourth-order valence-corrected chi connectivity index (χ4v) is 2.57. The number of phenolic OH excluding ortho intramolecular Hbond substituents is 1. The second-order valence-corrected chi connectivity index (χ2v) is 6.39. The lowest BCUT2D eigenvalue weighted by Gasteiger charge is -2.11. The summed E-state index contributed by atoms with van der Waals surface area (Å²) in [5.41, 5.74) is 1.27. The minimum absolute atomic E-state index is 0.116. The predicted octanol–water partition coefficient (Wildman–Crippen LogP) is 2.11. The van der Waals surface area contributed by atoms with Crippen LogP contribution in [0.15, 0.2) is 47.4 Å². The van der Waals surface area contributed by atoms with E-state index in [-0.39, 0.29) is 10.6 Å². The van der Waals surface area contributed by atoms with E-state index in [4.69, 9.17) is 0 Å². The monoisotopic (exact) mass is 276 g/mol. The van der Waals surface area contributed by atoms with Gasteiger partial charge in [0.15, 0.2) is 0 Å². The molecule has 0 aliphatic carbocycles. The van der Waals surface area contributed by atoms with Crippen molar-refractivity contribution in [3.63, 3.8) is 0 Å². The summed E-state index contributed by atoms with van der Waals surface area (Å²) in [6.07, 6.45) is 0. The Kier molecular flexibility index (Phi) is 3.59. The second-order valence-electron chi connectivity index (χ2n) is 4.24. The Bertz CT molecular complexity index is 676. The number of phenols is 1. The number of aromatic hydroxyl groups is 1. The molecule has 5 heteroatoms. The van der Waals surface area contributed by atoms with Crippen molar-refractivity contribution >= 4 is 10.0 Å². The van der Waals surface area contributed by atoms with E-state index in [2.05, 4.69) is 6.07 Å². The van der Waals surface area contributed by atoms with Crippen LogP contribution < -0.4 is 0 Å². The molecular weight excluding hydrogens is 262 g/mol. The van der Waals surface area contributed by atoms with Gasteiger partial charge in [0.25, 0.3) is 0 Å². The molecule has 2 aromatic rings. The molecule has 2 rings (SSSR count). The van der Waals surface area contributed by atoms with Gasteiger partial charge < -0.3 is 5.11 Å². The van der Waals surface area contributed by atoms with Gasteiger partial charge >= 0.3 is 0 Å². The smallest absolute Gasteiger partial charge is 0.242 e. The van der Waals surface area contributed by atoms with Crippen molar-refractivity contribution in [2.75, 3.05) is 14.1 Å². The van der Waals surface area contributed by atoms with E-state index in [9.17, 15) is 13.5 Å². The van der Waals surface area contributed by atoms with Crippen LogP contribution in [0.4, 0.5) is 0 Å². The summed E-state index contributed by atoms with van der Waals surface area (Å²) >= 11 is 0. The van der Waals surface area contributed by atoms with Crippen LogP contribution in [-0.2, 0) is 10.0 Å². The van der Waals surface area contributed by atoms with E-state index in [1.807, 2.05) is 0 Å². The van der Waals surface area contributed by atoms with Crippen LogP contribution in [0, 0.1) is 6.07 Å². The molecule has 0 atom stereocenters. The van der Waals surface area contributed by atoms with Gasteiger partial charge in [-0.25, -0.2) is 12.7 Å². The number of rotatable bonds is 3. The Balaban J connectivity index is 2.43. The summed E-state index contributed by atoms with van der Waals surface area (Å²) in [5, 5.41) is 9.72. The first-order chi connectivity index (χ1) is 8.93. The van der Waals surface area contributed by atoms with Crippen LogP contribution in [0.2, 0.25) is 0 Å². The standard InChI is InChI=1S/C14H14NO3S/c1-15(2)19(17,18)12-9-7-11(8-10-12)13-5-3-4-6-14(13)16/h3-4,6-10,16H,1-2H3. The number of sulfonamides is 1. The molecule has 0 aromatic heterocycles. The van der Waals surface area contributed by atoms with Crippen LogP contribution in [0.25, 0.3) is 11.1 Å². The van der Waals surface area contributed by atoms with E-state index < -0.39 is 10.0 Å². The highest BCUT2D eigenvalue weighted by molar-refractivity contribution is 7.89. The van der Waals surface area contributed by atoms with E-state index in [1.54, 1.807) is 30.3 Å². The van der Waals surface area contributed by atoms with Crippen molar-refractivity contribution in [2.45, 2.75) is 4.90 Å². The Morgan fingerprint density at radius 2 is 1.74 bits per heavy atom. The molecule has 0 saturated heterocycles. The minimum atomic E-state index is -3.43. The summed E-state index contributed by atoms with van der Waals surface area (Å²) < 4.78 is 25.0. The third-order valence-electron chi connectivity index (χ3n) is 2.76. The highest BCUT2D eigenvalue weighted by Gasteiger charge is 2.16. The van der Waals surface area contributed by atoms with E-state index in [0.717, 1.165) is 9.87 Å². The molecule has 99 valence electrons. The molecule has 0 aliphatic rings. The molecule has 0 aliphatic heterocycles. The van der Waals surface area contributed by atoms with Crippen LogP contribution in [0.5, 0.6) is 5.75 Å². The molecule has 2 aromatic carbocycles. The van der Waals surface area contributed by atoms with Crippen LogP contribution in [-0.4, -0.2) is 31.9 Å². The van der Waals surface area contributed by atoms with Crippen LogP contribution >= 0.6 is 0 Å². The van der Waals surface area contributed by atoms with E-state index in [1.165, 1.54) is 26.2 Å². The second kappa shape index (κ2) is 5.03. The van der Waals surface area contributed by atoms with Gasteiger partial charge in [-0.1, -0.05) is 24.3 Å². The Labute approximate surface area is 113 Å². The number of nitrogens with zero attached hydrogens (tertiary/aromatic N) is 1. The number of benzene rings is 2. The average Bonchev–Trinajstić information content (AvgIpc) is 2.39. The Morgan fingerprint density at radius 3 is 2.26 bits per heavy atom. The lowest BCUT2D eigenvalue weighted by molar-refractivity contribution is 0.477. The molecule has 0 bridgehead atoms. The molecule has 4 nitrogen and oxygen atoms in total. The Hall–Kier alpha value is -1.85. The van der Waals surface area contributed by atoms with Gasteiger partial charge in [-0.15, -0.1) is 0 Å². The normalized spacial score (nSPS) is 11.7. The van der Waals surface area contributed by atoms with Gasteiger partial charge in [0.2, 0.25) is 10.0 Å². The first kappa shape index (κ1) is 13.6. The van der Waals surface area contributed by atoms with Crippen molar-refractivity contribution < 1.29 is 13.5 Å². The summed E-state index contributed by atoms with van der Waals surface area (Å²) in [6.45, 7) is 0. The predicted molar refractivity (Wildman–Crippen MR) is 73.3 cm³/mol. The van der Waals surface area contributed by atoms with Crippen molar-refractivity contribution in [3.05, 3.63) is 48.5 Å². The first-order valence-electron chi connectivity index (χ1n) is 5.65. The van der Waals surface area contributed by atoms with Crippen LogP contribution in [0.1, 0.15) is 0 Å². The zero-order chi connectivity index (χ0) is 14.0. The zero-order valence-electron chi connectivity index (χ0n) is 10.7. The summed E-state index contributed by atoms with van der Waals surface area (Å²) in [6, 6.07) is 14.2. The van der Waals surface area contributed by atoms with Gasteiger partial charge in [-0.05, 0) is 29.8 Å². The largest absolute Gasteiger partial charge is 0.507 e. The number of hydrogen-bond acceptors (Lipinski definition) is 3. The molecule has 0 unspecified atom stereocenters. The van der Waals surface area contributed by atoms with Crippen molar-refractivity contribution in [2.24, 2.45) is 0 Å². The molecule has 1 radical (unpaired) electrons. The van der Waals surface area contributed by atoms with Crippen molar-refractivity contribution in [1.82, 2.24) is 4.31 Å². The van der Waals surface area contributed by atoms with Crippen molar-refractivity contribution in [3.8, 4) is 16.9 Å². The van der Waals surface area contributed by atoms with Gasteiger partial charge in [0.05, 0.1) is 4.90 Å². The fraction of sp³-hybridized carbons (Fsp3) is 0.143. The maximum Gasteiger partial charge on any atom is 0.242 e. The minimum Gasteiger partial charge on any atom is -0.507 e. The van der Waals surface area contributed by atoms with Crippen LogP contribution in [0.3, 0.4) is 0 Å². The van der Waals surface area contributed by atoms with Gasteiger partial charge in [0.1, 0.15) is 5.75 Å². The van der Waals surface area contributed by atoms with E-state index >= 15 is 0 Å². The molecule has 0 spiro atoms. The SMILES string of the molecule is CN(C)S(=O)(=O)c1ccc(-c2[c]cccc2O)cc1. The molecule has 0 amide bonds. The fourth-order valence-electron chi connectivity index (χ4n) is 1.66. The zero-order valence-corrected chi connectivity index (χ0v) is 11.5. The Morgan fingerprint density at radius 1 is 1.11 bits per heavy atom. The number of hydrogen-bond donors (Lipinski definition) is 1. The quantitative estimate of drug-likeness (QED) is 0.934. The highest BCUT2D eigenvalue weighted by Crippen LogP contribution is 2.28. The maximum absolute atomic E-state index is 11.9. The highest BCUT2D eigenvalue weighted by atomic mass is 32.2. The van der Waals surface area contributed by atoms with Crippen molar-refractivity contribution in [1.29, 1.82) is 0 Å². The summed E-state index contributed by atoms with van der Waals surface area (Å²) in [7, 11) is -0.453. The third kappa shape index (κ3) is 2.62.